The summed E-state index contributed by atoms with van der Waals surface area (Å²) in [5.41, 5.74) is 2.88. The standard InChI is InChI=1S/C15H23NO4/c1-7-18-13(17)11-8(2)16-9(3)12(15(11,5)6)14-19-10(4)20-14/h10,14,16H,7H2,1-6H3. The smallest absolute Gasteiger partial charge is 0.336 e. The van der Waals surface area contributed by atoms with Gasteiger partial charge in [-0.2, -0.15) is 0 Å². The summed E-state index contributed by atoms with van der Waals surface area (Å²) in [6, 6.07) is 0. The average molecular weight is 281 g/mol. The molecule has 1 saturated heterocycles. The minimum absolute atomic E-state index is 0.200. The summed E-state index contributed by atoms with van der Waals surface area (Å²) >= 11 is 0. The van der Waals surface area contributed by atoms with Crippen LogP contribution in [0.25, 0.3) is 0 Å². The zero-order valence-electron chi connectivity index (χ0n) is 13.0. The van der Waals surface area contributed by atoms with Crippen molar-refractivity contribution < 1.29 is 19.0 Å². The SMILES string of the molecule is CCOC(=O)C1=C(C)NC(C)=C(C2OC(C)O2)C1(C)C. The van der Waals surface area contributed by atoms with Crippen LogP contribution >= 0.6 is 0 Å². The molecule has 1 fully saturated rings. The minimum atomic E-state index is -0.490. The summed E-state index contributed by atoms with van der Waals surface area (Å²) in [6.45, 7) is 11.9. The van der Waals surface area contributed by atoms with Gasteiger partial charge in [0, 0.05) is 22.4 Å². The highest BCUT2D eigenvalue weighted by atomic mass is 16.9. The van der Waals surface area contributed by atoms with Gasteiger partial charge in [-0.15, -0.1) is 0 Å². The first-order valence-corrected chi connectivity index (χ1v) is 6.96. The van der Waals surface area contributed by atoms with E-state index < -0.39 is 11.7 Å². The number of esters is 1. The molecule has 2 aliphatic heterocycles. The Kier molecular flexibility index (Phi) is 3.93. The van der Waals surface area contributed by atoms with Crippen molar-refractivity contribution in [2.75, 3.05) is 6.61 Å². The van der Waals surface area contributed by atoms with Crippen LogP contribution in [0.5, 0.6) is 0 Å². The van der Waals surface area contributed by atoms with Gasteiger partial charge in [-0.05, 0) is 27.7 Å². The van der Waals surface area contributed by atoms with Crippen LogP contribution in [-0.4, -0.2) is 25.2 Å². The van der Waals surface area contributed by atoms with Gasteiger partial charge in [-0.25, -0.2) is 4.79 Å². The van der Waals surface area contributed by atoms with Crippen molar-refractivity contribution in [2.45, 2.75) is 54.1 Å². The second-order valence-electron chi connectivity index (χ2n) is 5.68. The summed E-state index contributed by atoms with van der Waals surface area (Å²) in [6.07, 6.45) is -0.598. The molecule has 2 aliphatic rings. The molecule has 0 atom stereocenters. The molecule has 2 heterocycles. The van der Waals surface area contributed by atoms with Crippen molar-refractivity contribution in [1.82, 2.24) is 5.32 Å². The number of nitrogens with one attached hydrogen (secondary N) is 1. The third-order valence-electron chi connectivity index (χ3n) is 3.80. The number of carbonyl (C=O) groups is 1. The van der Waals surface area contributed by atoms with Crippen LogP contribution in [0.15, 0.2) is 22.5 Å². The van der Waals surface area contributed by atoms with E-state index in [-0.39, 0.29) is 12.3 Å². The molecule has 0 radical (unpaired) electrons. The Morgan fingerprint density at radius 2 is 1.90 bits per heavy atom. The molecule has 0 aromatic rings. The first-order chi connectivity index (χ1) is 9.28. The molecule has 0 bridgehead atoms. The molecule has 0 unspecified atom stereocenters. The van der Waals surface area contributed by atoms with Crippen molar-refractivity contribution in [1.29, 1.82) is 0 Å². The molecule has 5 nitrogen and oxygen atoms in total. The van der Waals surface area contributed by atoms with E-state index in [1.807, 2.05) is 34.6 Å². The van der Waals surface area contributed by atoms with Crippen molar-refractivity contribution in [3.63, 3.8) is 0 Å². The fraction of sp³-hybridized carbons (Fsp3) is 0.667. The van der Waals surface area contributed by atoms with Gasteiger partial charge in [0.25, 0.3) is 0 Å². The highest BCUT2D eigenvalue weighted by Crippen LogP contribution is 2.45. The van der Waals surface area contributed by atoms with Gasteiger partial charge < -0.3 is 19.5 Å². The monoisotopic (exact) mass is 281 g/mol. The van der Waals surface area contributed by atoms with Gasteiger partial charge in [0.05, 0.1) is 12.2 Å². The fourth-order valence-electron chi connectivity index (χ4n) is 3.06. The third kappa shape index (κ3) is 2.36. The number of carbonyl (C=O) groups excluding carboxylic acids is 1. The lowest BCUT2D eigenvalue weighted by atomic mass is 9.73. The molecule has 1 N–H and O–H groups in total. The van der Waals surface area contributed by atoms with E-state index in [1.165, 1.54) is 0 Å². The number of rotatable bonds is 3. The number of hydrogen-bond acceptors (Lipinski definition) is 5. The number of dihydropyridines is 1. The molecular formula is C15H23NO4. The molecule has 0 aromatic carbocycles. The highest BCUT2D eigenvalue weighted by molar-refractivity contribution is 5.92. The summed E-state index contributed by atoms with van der Waals surface area (Å²) in [5, 5.41) is 3.24. The van der Waals surface area contributed by atoms with Gasteiger partial charge in [-0.3, -0.25) is 0 Å². The van der Waals surface area contributed by atoms with Crippen LogP contribution in [0.4, 0.5) is 0 Å². The fourth-order valence-corrected chi connectivity index (χ4v) is 3.06. The van der Waals surface area contributed by atoms with Crippen LogP contribution in [0.2, 0.25) is 0 Å². The number of hydrogen-bond donors (Lipinski definition) is 1. The van der Waals surface area contributed by atoms with E-state index in [9.17, 15) is 4.79 Å². The van der Waals surface area contributed by atoms with Crippen molar-refractivity contribution in [2.24, 2.45) is 5.41 Å². The molecule has 2 rings (SSSR count). The Balaban J connectivity index is 2.35. The molecule has 0 spiro atoms. The Bertz CT molecular complexity index is 484. The Morgan fingerprint density at radius 1 is 1.30 bits per heavy atom. The number of allylic oxidation sites excluding steroid dienone is 2. The summed E-state index contributed by atoms with van der Waals surface area (Å²) < 4.78 is 16.4. The van der Waals surface area contributed by atoms with E-state index in [4.69, 9.17) is 14.2 Å². The van der Waals surface area contributed by atoms with Crippen molar-refractivity contribution >= 4 is 5.97 Å². The van der Waals surface area contributed by atoms with Crippen LogP contribution in [-0.2, 0) is 19.0 Å². The van der Waals surface area contributed by atoms with Gasteiger partial charge >= 0.3 is 5.97 Å². The largest absolute Gasteiger partial charge is 0.463 e. The van der Waals surface area contributed by atoms with E-state index in [2.05, 4.69) is 5.32 Å². The maximum absolute atomic E-state index is 12.2. The summed E-state index contributed by atoms with van der Waals surface area (Å²) in [7, 11) is 0. The first kappa shape index (κ1) is 15.1. The van der Waals surface area contributed by atoms with E-state index in [0.29, 0.717) is 12.2 Å². The minimum Gasteiger partial charge on any atom is -0.463 e. The second kappa shape index (κ2) is 5.22. The Morgan fingerprint density at radius 3 is 2.40 bits per heavy atom. The summed E-state index contributed by atoms with van der Waals surface area (Å²) in [4.78, 5) is 12.2. The van der Waals surface area contributed by atoms with Crippen LogP contribution in [0, 0.1) is 5.41 Å². The molecule has 5 heteroatoms. The van der Waals surface area contributed by atoms with Crippen LogP contribution < -0.4 is 5.32 Å². The lowest BCUT2D eigenvalue weighted by Crippen LogP contribution is -2.48. The van der Waals surface area contributed by atoms with Crippen molar-refractivity contribution in [3.05, 3.63) is 22.5 Å². The topological polar surface area (TPSA) is 56.8 Å². The van der Waals surface area contributed by atoms with Crippen LogP contribution in [0.1, 0.15) is 41.5 Å². The first-order valence-electron chi connectivity index (χ1n) is 6.96. The van der Waals surface area contributed by atoms with Crippen LogP contribution in [0.3, 0.4) is 0 Å². The summed E-state index contributed by atoms with van der Waals surface area (Å²) in [5.74, 6) is -0.292. The zero-order chi connectivity index (χ0) is 15.1. The lowest BCUT2D eigenvalue weighted by molar-refractivity contribution is -0.362. The maximum Gasteiger partial charge on any atom is 0.336 e. The Labute approximate surface area is 120 Å². The van der Waals surface area contributed by atoms with E-state index in [0.717, 1.165) is 17.0 Å². The van der Waals surface area contributed by atoms with E-state index in [1.54, 1.807) is 6.92 Å². The molecule has 20 heavy (non-hydrogen) atoms. The number of ether oxygens (including phenoxy) is 3. The molecule has 0 aromatic heterocycles. The highest BCUT2D eigenvalue weighted by Gasteiger charge is 2.46. The normalized spacial score (nSPS) is 28.9. The average Bonchev–Trinajstić information content (AvgIpc) is 2.24. The predicted octanol–water partition coefficient (Wildman–Crippen LogP) is 2.45. The van der Waals surface area contributed by atoms with Gasteiger partial charge in [-0.1, -0.05) is 13.8 Å². The molecule has 0 saturated carbocycles. The van der Waals surface area contributed by atoms with Gasteiger partial charge in [0.2, 0.25) is 0 Å². The molecule has 0 aliphatic carbocycles. The predicted molar refractivity (Wildman–Crippen MR) is 74.4 cm³/mol. The maximum atomic E-state index is 12.2. The van der Waals surface area contributed by atoms with Gasteiger partial charge in [0.15, 0.2) is 12.6 Å². The molecular weight excluding hydrogens is 258 g/mol. The molecule has 0 amide bonds. The lowest BCUT2D eigenvalue weighted by Gasteiger charge is -2.45. The third-order valence-corrected chi connectivity index (χ3v) is 3.80. The second-order valence-corrected chi connectivity index (χ2v) is 5.68. The quantitative estimate of drug-likeness (QED) is 0.805. The Hall–Kier alpha value is -1.33. The zero-order valence-corrected chi connectivity index (χ0v) is 13.0. The molecule has 112 valence electrons. The van der Waals surface area contributed by atoms with Gasteiger partial charge in [0.1, 0.15) is 0 Å². The van der Waals surface area contributed by atoms with E-state index >= 15 is 0 Å². The van der Waals surface area contributed by atoms with Crippen molar-refractivity contribution in [3.8, 4) is 0 Å².